The van der Waals surface area contributed by atoms with Crippen molar-refractivity contribution in [1.29, 1.82) is 0 Å². The van der Waals surface area contributed by atoms with Crippen LogP contribution in [-0.4, -0.2) is 57.2 Å². The lowest BCUT2D eigenvalue weighted by atomic mass is 10.0. The average Bonchev–Trinajstić information content (AvgIpc) is 3.43. The first-order valence-electron chi connectivity index (χ1n) is 13.5. The van der Waals surface area contributed by atoms with Crippen LogP contribution in [0.15, 0.2) is 96.2 Å². The van der Waals surface area contributed by atoms with E-state index in [1.807, 2.05) is 12.1 Å². The normalized spacial score (nSPS) is 15.4. The van der Waals surface area contributed by atoms with Gasteiger partial charge in [-0.25, -0.2) is 22.4 Å². The number of benzene rings is 3. The van der Waals surface area contributed by atoms with E-state index >= 15 is 0 Å². The Morgan fingerprint density at radius 2 is 1.74 bits per heavy atom. The average molecular weight is 617 g/mol. The highest BCUT2D eigenvalue weighted by Crippen LogP contribution is 2.36. The summed E-state index contributed by atoms with van der Waals surface area (Å²) in [6.07, 6.45) is 4.49. The monoisotopic (exact) mass is 616 g/mol. The Morgan fingerprint density at radius 1 is 1.02 bits per heavy atom. The van der Waals surface area contributed by atoms with Gasteiger partial charge in [-0.3, -0.25) is 14.9 Å². The van der Waals surface area contributed by atoms with Gasteiger partial charge in [-0.05, 0) is 43.2 Å². The number of hydrogen-bond donors (Lipinski definition) is 1. The molecular formula is C30H25ClN6O5S. The van der Waals surface area contributed by atoms with Gasteiger partial charge >= 0.3 is 0 Å². The Balaban J connectivity index is 1.27. The third-order valence-corrected chi connectivity index (χ3v) is 9.31. The number of fused-ring (bicyclic) bond motifs is 1. The molecule has 0 spiro atoms. The molecule has 5 aromatic rings. The molecule has 1 N–H and O–H groups in total. The number of halogens is 1. The SMILES string of the molecule is O=C(c1ccc([N+](=O)[O-])cc1)N1CCCC(Nc2ncc(Cl)c(-c3cn(S(=O)(=O)c4ccccc4)c4ccccc34)n2)C1. The van der Waals surface area contributed by atoms with Crippen molar-refractivity contribution in [2.75, 3.05) is 18.4 Å². The van der Waals surface area contributed by atoms with Crippen molar-refractivity contribution in [2.45, 2.75) is 23.8 Å². The fourth-order valence-electron chi connectivity index (χ4n) is 5.24. The van der Waals surface area contributed by atoms with Crippen LogP contribution in [0.5, 0.6) is 0 Å². The molecule has 0 radical (unpaired) electrons. The molecule has 3 aromatic carbocycles. The summed E-state index contributed by atoms with van der Waals surface area (Å²) >= 11 is 6.57. The number of nitro benzene ring substituents is 1. The molecule has 11 nitrogen and oxygen atoms in total. The van der Waals surface area contributed by atoms with Crippen LogP contribution in [-0.2, 0) is 10.0 Å². The number of aromatic nitrogens is 3. The zero-order valence-corrected chi connectivity index (χ0v) is 24.2. The molecule has 1 saturated heterocycles. The summed E-state index contributed by atoms with van der Waals surface area (Å²) in [5.74, 6) is 0.0725. The number of likely N-dealkylation sites (tertiary alicyclic amines) is 1. The number of amides is 1. The third-order valence-electron chi connectivity index (χ3n) is 7.34. The van der Waals surface area contributed by atoms with Crippen LogP contribution in [0.2, 0.25) is 5.02 Å². The van der Waals surface area contributed by atoms with Gasteiger partial charge in [-0.15, -0.1) is 0 Å². The summed E-state index contributed by atoms with van der Waals surface area (Å²) in [5, 5.41) is 15.2. The standard InChI is InChI=1S/C30H25ClN6O5S/c31-26-17-32-30(33-21-7-6-16-35(18-21)29(38)20-12-14-22(15-13-20)37(39)40)34-28(26)25-19-36(27-11-5-4-10-24(25)27)43(41,42)23-8-2-1-3-9-23/h1-5,8-15,17,19,21H,6-7,16,18H2,(H,32,33,34). The molecule has 0 bridgehead atoms. The van der Waals surface area contributed by atoms with E-state index in [9.17, 15) is 23.3 Å². The molecule has 1 aliphatic rings. The summed E-state index contributed by atoms with van der Waals surface area (Å²) in [6.45, 7) is 0.932. The molecule has 218 valence electrons. The molecule has 0 aliphatic carbocycles. The summed E-state index contributed by atoms with van der Waals surface area (Å²) in [7, 11) is -3.90. The lowest BCUT2D eigenvalue weighted by Crippen LogP contribution is -2.45. The second-order valence-electron chi connectivity index (χ2n) is 10.1. The summed E-state index contributed by atoms with van der Waals surface area (Å²) in [5.41, 5.74) is 1.68. The van der Waals surface area contributed by atoms with Gasteiger partial charge in [0.1, 0.15) is 0 Å². The van der Waals surface area contributed by atoms with Gasteiger partial charge in [-0.1, -0.05) is 48.0 Å². The van der Waals surface area contributed by atoms with Crippen molar-refractivity contribution in [3.8, 4) is 11.3 Å². The molecule has 1 aliphatic heterocycles. The molecule has 1 amide bonds. The summed E-state index contributed by atoms with van der Waals surface area (Å²) < 4.78 is 28.4. The van der Waals surface area contributed by atoms with Gasteiger partial charge in [0.2, 0.25) is 5.95 Å². The summed E-state index contributed by atoms with van der Waals surface area (Å²) in [6, 6.07) is 20.7. The molecule has 13 heteroatoms. The predicted molar refractivity (Wildman–Crippen MR) is 163 cm³/mol. The van der Waals surface area contributed by atoms with E-state index in [0.717, 1.165) is 12.8 Å². The number of carbonyl (C=O) groups excluding carboxylic acids is 1. The first-order chi connectivity index (χ1) is 20.7. The Morgan fingerprint density at radius 3 is 2.49 bits per heavy atom. The van der Waals surface area contributed by atoms with Crippen molar-refractivity contribution < 1.29 is 18.1 Å². The van der Waals surface area contributed by atoms with Gasteiger partial charge in [0.25, 0.3) is 21.6 Å². The number of carbonyl (C=O) groups is 1. The first-order valence-corrected chi connectivity index (χ1v) is 15.3. The van der Waals surface area contributed by atoms with Crippen molar-refractivity contribution in [1.82, 2.24) is 18.8 Å². The molecule has 1 atom stereocenters. The van der Waals surface area contributed by atoms with Gasteiger partial charge in [0.05, 0.1) is 32.2 Å². The van der Waals surface area contributed by atoms with E-state index < -0.39 is 14.9 Å². The minimum atomic E-state index is -3.90. The molecule has 0 saturated carbocycles. The van der Waals surface area contributed by atoms with Crippen LogP contribution >= 0.6 is 11.6 Å². The Bertz CT molecular complexity index is 1950. The molecular weight excluding hydrogens is 592 g/mol. The molecule has 2 aromatic heterocycles. The lowest BCUT2D eigenvalue weighted by Gasteiger charge is -2.33. The number of para-hydroxylation sites is 1. The number of rotatable bonds is 7. The van der Waals surface area contributed by atoms with Crippen LogP contribution < -0.4 is 5.32 Å². The number of non-ortho nitro benzene ring substituents is 1. The maximum Gasteiger partial charge on any atom is 0.269 e. The first kappa shape index (κ1) is 28.3. The highest BCUT2D eigenvalue weighted by molar-refractivity contribution is 7.90. The van der Waals surface area contributed by atoms with E-state index in [2.05, 4.69) is 15.3 Å². The highest BCUT2D eigenvalue weighted by atomic mass is 35.5. The number of hydrogen-bond acceptors (Lipinski definition) is 8. The number of piperidine rings is 1. The number of nitro groups is 1. The van der Waals surface area contributed by atoms with Crippen molar-refractivity contribution in [3.05, 3.63) is 112 Å². The van der Waals surface area contributed by atoms with Crippen molar-refractivity contribution in [2.24, 2.45) is 0 Å². The van der Waals surface area contributed by atoms with Crippen molar-refractivity contribution in [3.63, 3.8) is 0 Å². The maximum atomic E-state index is 13.6. The quantitative estimate of drug-likeness (QED) is 0.184. The van der Waals surface area contributed by atoms with E-state index in [1.165, 1.54) is 40.6 Å². The van der Waals surface area contributed by atoms with E-state index in [-0.39, 0.29) is 33.5 Å². The molecule has 1 unspecified atom stereocenters. The van der Waals surface area contributed by atoms with Gasteiger partial charge in [0, 0.05) is 54.0 Å². The molecule has 6 rings (SSSR count). The summed E-state index contributed by atoms with van der Waals surface area (Å²) in [4.78, 5) is 34.4. The van der Waals surface area contributed by atoms with Crippen LogP contribution in [0.3, 0.4) is 0 Å². The number of nitrogens with zero attached hydrogens (tertiary/aromatic N) is 5. The Hall–Kier alpha value is -4.81. The van der Waals surface area contributed by atoms with Crippen LogP contribution in [0.1, 0.15) is 23.2 Å². The van der Waals surface area contributed by atoms with E-state index in [1.54, 1.807) is 47.4 Å². The Kier molecular flexibility index (Phi) is 7.55. The van der Waals surface area contributed by atoms with E-state index in [4.69, 9.17) is 11.6 Å². The van der Waals surface area contributed by atoms with Crippen LogP contribution in [0.4, 0.5) is 11.6 Å². The highest BCUT2D eigenvalue weighted by Gasteiger charge is 2.27. The topological polar surface area (TPSA) is 140 Å². The fourth-order valence-corrected chi connectivity index (χ4v) is 6.82. The third kappa shape index (κ3) is 5.54. The lowest BCUT2D eigenvalue weighted by molar-refractivity contribution is -0.384. The van der Waals surface area contributed by atoms with Gasteiger partial charge in [0.15, 0.2) is 0 Å². The minimum Gasteiger partial charge on any atom is -0.350 e. The zero-order chi connectivity index (χ0) is 30.1. The number of anilines is 1. The second-order valence-corrected chi connectivity index (χ2v) is 12.3. The van der Waals surface area contributed by atoms with Crippen molar-refractivity contribution >= 4 is 50.1 Å². The Labute approximate surface area is 252 Å². The smallest absolute Gasteiger partial charge is 0.269 e. The van der Waals surface area contributed by atoms with Gasteiger partial charge in [-0.2, -0.15) is 0 Å². The maximum absolute atomic E-state index is 13.6. The predicted octanol–water partition coefficient (Wildman–Crippen LogP) is 5.61. The molecule has 43 heavy (non-hydrogen) atoms. The number of nitrogens with one attached hydrogen (secondary N) is 1. The zero-order valence-electron chi connectivity index (χ0n) is 22.6. The van der Waals surface area contributed by atoms with Gasteiger partial charge < -0.3 is 10.2 Å². The largest absolute Gasteiger partial charge is 0.350 e. The second kappa shape index (κ2) is 11.5. The van der Waals surface area contributed by atoms with Crippen LogP contribution in [0, 0.1) is 10.1 Å². The minimum absolute atomic E-state index is 0.0776. The van der Waals surface area contributed by atoms with Crippen LogP contribution in [0.25, 0.3) is 22.2 Å². The van der Waals surface area contributed by atoms with E-state index in [0.29, 0.717) is 40.8 Å². The molecule has 3 heterocycles. The molecule has 1 fully saturated rings. The fraction of sp³-hybridized carbons (Fsp3) is 0.167.